The van der Waals surface area contributed by atoms with E-state index < -0.39 is 0 Å². The molecule has 18 heavy (non-hydrogen) atoms. The van der Waals surface area contributed by atoms with Crippen molar-refractivity contribution in [1.29, 1.82) is 0 Å². The van der Waals surface area contributed by atoms with Gasteiger partial charge in [0, 0.05) is 17.6 Å². The summed E-state index contributed by atoms with van der Waals surface area (Å²) in [4.78, 5) is 0. The topological polar surface area (TPSA) is 50.1 Å². The first-order chi connectivity index (χ1) is 8.63. The van der Waals surface area contributed by atoms with Crippen molar-refractivity contribution >= 4 is 34.7 Å². The van der Waals surface area contributed by atoms with E-state index in [0.717, 1.165) is 16.3 Å². The quantitative estimate of drug-likeness (QED) is 0.847. The molecule has 0 fully saturated rings. The van der Waals surface area contributed by atoms with Crippen LogP contribution in [0.3, 0.4) is 0 Å². The van der Waals surface area contributed by atoms with Gasteiger partial charge in [0.25, 0.3) is 0 Å². The molecule has 0 atom stereocenters. The number of aryl methyl sites for hydroxylation is 1. The minimum absolute atomic E-state index is 0.498. The van der Waals surface area contributed by atoms with E-state index >= 15 is 0 Å². The Labute approximate surface area is 115 Å². The summed E-state index contributed by atoms with van der Waals surface area (Å²) in [7, 11) is 0. The maximum Gasteiger partial charge on any atom is 0.175 e. The Balaban J connectivity index is 1.83. The van der Waals surface area contributed by atoms with E-state index in [-0.39, 0.29) is 0 Å². The molecule has 1 aromatic heterocycles. The van der Waals surface area contributed by atoms with Crippen LogP contribution in [0, 0.1) is 6.92 Å². The van der Waals surface area contributed by atoms with Crippen LogP contribution < -0.4 is 10.6 Å². The molecule has 0 amide bonds. The molecule has 0 saturated heterocycles. The van der Waals surface area contributed by atoms with Gasteiger partial charge in [-0.1, -0.05) is 28.9 Å². The molecule has 0 unspecified atom stereocenters. The zero-order valence-corrected chi connectivity index (χ0v) is 11.3. The van der Waals surface area contributed by atoms with Gasteiger partial charge in [-0.05, 0) is 36.8 Å². The average Bonchev–Trinajstić information content (AvgIpc) is 2.74. The molecule has 0 bridgehead atoms. The highest BCUT2D eigenvalue weighted by Crippen LogP contribution is 2.09. The number of anilines is 1. The number of hydrogen-bond acceptors (Lipinski definition) is 3. The van der Waals surface area contributed by atoms with E-state index in [4.69, 9.17) is 28.3 Å². The second-order valence-corrected chi connectivity index (χ2v) is 4.60. The first-order valence-electron chi connectivity index (χ1n) is 5.36. The van der Waals surface area contributed by atoms with E-state index in [0.29, 0.717) is 17.5 Å². The van der Waals surface area contributed by atoms with Gasteiger partial charge in [-0.15, -0.1) is 0 Å². The Hall–Kier alpha value is -1.59. The number of hydrogen-bond donors (Lipinski definition) is 2. The normalized spacial score (nSPS) is 10.1. The number of thiocarbonyl (C=S) groups is 1. The summed E-state index contributed by atoms with van der Waals surface area (Å²) in [6.07, 6.45) is 0. The third kappa shape index (κ3) is 3.72. The minimum atomic E-state index is 0.498. The lowest BCUT2D eigenvalue weighted by molar-refractivity contribution is 0.400. The average molecular weight is 282 g/mol. The maximum absolute atomic E-state index is 5.81. The molecule has 2 N–H and O–H groups in total. The number of halogens is 1. The lowest BCUT2D eigenvalue weighted by Crippen LogP contribution is -2.27. The minimum Gasteiger partial charge on any atom is -0.360 e. The fraction of sp³-hybridized carbons (Fsp3) is 0.167. The van der Waals surface area contributed by atoms with Crippen LogP contribution in [0.5, 0.6) is 0 Å². The van der Waals surface area contributed by atoms with Crippen molar-refractivity contribution in [3.8, 4) is 0 Å². The summed E-state index contributed by atoms with van der Waals surface area (Å²) in [6.45, 7) is 2.45. The van der Waals surface area contributed by atoms with Crippen LogP contribution in [0.4, 0.5) is 5.82 Å². The standard InChI is InChI=1S/C12H12ClN3OS/c1-8-6-11(16-17-8)15-12(18)14-7-9-2-4-10(13)5-3-9/h2-6H,7H2,1H3,(H2,14,15,16,18). The van der Waals surface area contributed by atoms with Crippen LogP contribution in [0.15, 0.2) is 34.9 Å². The summed E-state index contributed by atoms with van der Waals surface area (Å²) >= 11 is 10.9. The predicted octanol–water partition coefficient (Wildman–Crippen LogP) is 3.12. The molecule has 0 radical (unpaired) electrons. The van der Waals surface area contributed by atoms with Gasteiger partial charge < -0.3 is 15.2 Å². The predicted molar refractivity (Wildman–Crippen MR) is 75.8 cm³/mol. The van der Waals surface area contributed by atoms with Crippen LogP contribution >= 0.6 is 23.8 Å². The second-order valence-electron chi connectivity index (χ2n) is 3.76. The first-order valence-corrected chi connectivity index (χ1v) is 6.15. The van der Waals surface area contributed by atoms with Crippen molar-refractivity contribution < 1.29 is 4.52 Å². The molecular weight excluding hydrogens is 270 g/mol. The van der Waals surface area contributed by atoms with Gasteiger partial charge in [0.1, 0.15) is 5.76 Å². The van der Waals surface area contributed by atoms with Gasteiger partial charge in [0.05, 0.1) is 0 Å². The van der Waals surface area contributed by atoms with E-state index in [9.17, 15) is 0 Å². The van der Waals surface area contributed by atoms with Gasteiger partial charge >= 0.3 is 0 Å². The van der Waals surface area contributed by atoms with Crippen molar-refractivity contribution in [3.05, 3.63) is 46.7 Å². The third-order valence-corrected chi connectivity index (χ3v) is 2.73. The largest absolute Gasteiger partial charge is 0.360 e. The Morgan fingerprint density at radius 1 is 1.39 bits per heavy atom. The lowest BCUT2D eigenvalue weighted by Gasteiger charge is -2.08. The summed E-state index contributed by atoms with van der Waals surface area (Å²) in [6, 6.07) is 9.35. The van der Waals surface area contributed by atoms with Gasteiger partial charge in [-0.3, -0.25) is 0 Å². The SMILES string of the molecule is Cc1cc(NC(=S)NCc2ccc(Cl)cc2)no1. The van der Waals surface area contributed by atoms with Crippen LogP contribution in [0.25, 0.3) is 0 Å². The van der Waals surface area contributed by atoms with Crippen molar-refractivity contribution in [3.63, 3.8) is 0 Å². The van der Waals surface area contributed by atoms with E-state index in [1.807, 2.05) is 31.2 Å². The second kappa shape index (κ2) is 5.84. The number of benzene rings is 1. The van der Waals surface area contributed by atoms with Gasteiger partial charge in [0.15, 0.2) is 10.9 Å². The molecule has 2 rings (SSSR count). The zero-order valence-electron chi connectivity index (χ0n) is 9.74. The van der Waals surface area contributed by atoms with Crippen molar-refractivity contribution in [2.45, 2.75) is 13.5 Å². The molecule has 6 heteroatoms. The van der Waals surface area contributed by atoms with Crippen molar-refractivity contribution in [2.24, 2.45) is 0 Å². The van der Waals surface area contributed by atoms with E-state index in [1.54, 1.807) is 6.07 Å². The van der Waals surface area contributed by atoms with Gasteiger partial charge in [0.2, 0.25) is 0 Å². The van der Waals surface area contributed by atoms with Gasteiger partial charge in [-0.2, -0.15) is 0 Å². The molecule has 0 saturated carbocycles. The maximum atomic E-state index is 5.81. The molecular formula is C12H12ClN3OS. The lowest BCUT2D eigenvalue weighted by atomic mass is 10.2. The summed E-state index contributed by atoms with van der Waals surface area (Å²) < 4.78 is 4.93. The fourth-order valence-electron chi connectivity index (χ4n) is 1.37. The Bertz CT molecular complexity index is 539. The van der Waals surface area contributed by atoms with Crippen LogP contribution in [-0.2, 0) is 6.54 Å². The third-order valence-electron chi connectivity index (χ3n) is 2.24. The number of aromatic nitrogens is 1. The van der Waals surface area contributed by atoms with E-state index in [2.05, 4.69) is 15.8 Å². The fourth-order valence-corrected chi connectivity index (χ4v) is 1.67. The first kappa shape index (κ1) is 12.9. The molecule has 1 aromatic carbocycles. The Kier molecular flexibility index (Phi) is 4.17. The van der Waals surface area contributed by atoms with Gasteiger partial charge in [-0.25, -0.2) is 0 Å². The molecule has 0 aliphatic rings. The highest BCUT2D eigenvalue weighted by molar-refractivity contribution is 7.80. The molecule has 0 spiro atoms. The molecule has 0 aliphatic heterocycles. The van der Waals surface area contributed by atoms with Crippen LogP contribution in [0.2, 0.25) is 5.02 Å². The smallest absolute Gasteiger partial charge is 0.175 e. The monoisotopic (exact) mass is 281 g/mol. The Morgan fingerprint density at radius 3 is 2.72 bits per heavy atom. The zero-order chi connectivity index (χ0) is 13.0. The summed E-state index contributed by atoms with van der Waals surface area (Å²) in [5, 5.41) is 11.0. The highest BCUT2D eigenvalue weighted by Gasteiger charge is 2.02. The summed E-state index contributed by atoms with van der Waals surface area (Å²) in [5.74, 6) is 1.33. The molecule has 4 nitrogen and oxygen atoms in total. The molecule has 2 aromatic rings. The Morgan fingerprint density at radius 2 is 2.11 bits per heavy atom. The molecule has 0 aliphatic carbocycles. The molecule has 1 heterocycles. The van der Waals surface area contributed by atoms with Crippen LogP contribution in [-0.4, -0.2) is 10.3 Å². The molecule has 94 valence electrons. The van der Waals surface area contributed by atoms with Crippen LogP contribution in [0.1, 0.15) is 11.3 Å². The van der Waals surface area contributed by atoms with E-state index in [1.165, 1.54) is 0 Å². The number of rotatable bonds is 3. The highest BCUT2D eigenvalue weighted by atomic mass is 35.5. The number of nitrogens with one attached hydrogen (secondary N) is 2. The summed E-state index contributed by atoms with van der Waals surface area (Å²) in [5.41, 5.74) is 1.10. The van der Waals surface area contributed by atoms with Crippen molar-refractivity contribution in [2.75, 3.05) is 5.32 Å². The number of nitrogens with zero attached hydrogens (tertiary/aromatic N) is 1. The van der Waals surface area contributed by atoms with Crippen molar-refractivity contribution in [1.82, 2.24) is 10.5 Å².